The summed E-state index contributed by atoms with van der Waals surface area (Å²) in [6.07, 6.45) is 7.97. The fourth-order valence-corrected chi connectivity index (χ4v) is 7.27. The quantitative estimate of drug-likeness (QED) is 0.797. The lowest BCUT2D eigenvalue weighted by atomic mass is 9.46. The molecule has 0 aliphatic heterocycles. The summed E-state index contributed by atoms with van der Waals surface area (Å²) in [5, 5.41) is 10.8. The smallest absolute Gasteiger partial charge is 0.155 e. The number of fused-ring (bicyclic) bond motifs is 5. The molecule has 0 aromatic rings. The monoisotopic (exact) mass is 330 g/mol. The second kappa shape index (κ2) is 5.27. The summed E-state index contributed by atoms with van der Waals surface area (Å²) in [5.74, 6) is 2.35. The number of aliphatic hydroxyl groups excluding tert-OH is 1. The molecule has 0 saturated heterocycles. The van der Waals surface area contributed by atoms with E-state index in [1.54, 1.807) is 13.0 Å². The van der Waals surface area contributed by atoms with E-state index in [0.29, 0.717) is 30.0 Å². The number of hydrogen-bond donors (Lipinski definition) is 1. The maximum atomic E-state index is 12.2. The lowest BCUT2D eigenvalue weighted by molar-refractivity contribution is -0.130. The maximum absolute atomic E-state index is 12.2. The summed E-state index contributed by atoms with van der Waals surface area (Å²) < 4.78 is 0. The highest BCUT2D eigenvalue weighted by Crippen LogP contribution is 2.66. The Labute approximate surface area is 144 Å². The molecule has 4 rings (SSSR count). The summed E-state index contributed by atoms with van der Waals surface area (Å²) in [6.45, 7) is 6.37. The van der Waals surface area contributed by atoms with E-state index in [1.165, 1.54) is 0 Å². The van der Waals surface area contributed by atoms with E-state index in [4.69, 9.17) is 0 Å². The van der Waals surface area contributed by atoms with E-state index in [9.17, 15) is 14.7 Å². The van der Waals surface area contributed by atoms with Crippen molar-refractivity contribution in [2.24, 2.45) is 34.5 Å². The van der Waals surface area contributed by atoms with Gasteiger partial charge in [0.25, 0.3) is 0 Å². The van der Waals surface area contributed by atoms with Crippen molar-refractivity contribution in [3.8, 4) is 0 Å². The van der Waals surface area contributed by atoms with Crippen LogP contribution >= 0.6 is 0 Å². The van der Waals surface area contributed by atoms with Gasteiger partial charge >= 0.3 is 0 Å². The number of rotatable bonds is 1. The van der Waals surface area contributed by atoms with Crippen molar-refractivity contribution >= 4 is 11.6 Å². The van der Waals surface area contributed by atoms with Crippen molar-refractivity contribution in [1.82, 2.24) is 0 Å². The Kier molecular flexibility index (Phi) is 3.62. The summed E-state index contributed by atoms with van der Waals surface area (Å²) >= 11 is 0. The number of aliphatic hydroxyl groups is 1. The Morgan fingerprint density at radius 3 is 2.62 bits per heavy atom. The molecule has 0 unspecified atom stereocenters. The zero-order valence-electron chi connectivity index (χ0n) is 15.2. The molecular formula is C21H30O3. The largest absolute Gasteiger partial charge is 0.389 e. The van der Waals surface area contributed by atoms with Crippen LogP contribution in [0.5, 0.6) is 0 Å². The van der Waals surface area contributed by atoms with Crippen LogP contribution in [-0.4, -0.2) is 22.8 Å². The van der Waals surface area contributed by atoms with Gasteiger partial charge in [0.05, 0.1) is 6.10 Å². The van der Waals surface area contributed by atoms with Gasteiger partial charge in [-0.15, -0.1) is 0 Å². The van der Waals surface area contributed by atoms with Crippen LogP contribution in [0.25, 0.3) is 0 Å². The van der Waals surface area contributed by atoms with Crippen LogP contribution in [0.1, 0.15) is 65.7 Å². The third-order valence-electron chi connectivity index (χ3n) is 8.47. The molecule has 0 bridgehead atoms. The van der Waals surface area contributed by atoms with Gasteiger partial charge in [0.1, 0.15) is 5.78 Å². The highest BCUT2D eigenvalue weighted by molar-refractivity contribution is 5.91. The van der Waals surface area contributed by atoms with Gasteiger partial charge in [-0.25, -0.2) is 0 Å². The summed E-state index contributed by atoms with van der Waals surface area (Å²) in [4.78, 5) is 24.1. The van der Waals surface area contributed by atoms with E-state index < -0.39 is 6.10 Å². The van der Waals surface area contributed by atoms with Crippen molar-refractivity contribution in [2.75, 3.05) is 0 Å². The summed E-state index contributed by atoms with van der Waals surface area (Å²) in [5.41, 5.74) is 1.10. The van der Waals surface area contributed by atoms with E-state index >= 15 is 0 Å². The van der Waals surface area contributed by atoms with Crippen LogP contribution < -0.4 is 0 Å². The molecule has 0 radical (unpaired) electrons. The van der Waals surface area contributed by atoms with Gasteiger partial charge in [-0.1, -0.05) is 13.8 Å². The molecule has 0 aromatic heterocycles. The molecule has 1 N–H and O–H groups in total. The molecule has 3 heteroatoms. The molecule has 3 saturated carbocycles. The molecule has 4 aliphatic carbocycles. The molecule has 0 amide bonds. The van der Waals surface area contributed by atoms with Gasteiger partial charge in [-0.05, 0) is 85.7 Å². The molecule has 3 fully saturated rings. The number of carbonyl (C=O) groups is 2. The van der Waals surface area contributed by atoms with E-state index in [-0.39, 0.29) is 22.5 Å². The fourth-order valence-electron chi connectivity index (χ4n) is 7.27. The first-order valence-corrected chi connectivity index (χ1v) is 9.71. The Morgan fingerprint density at radius 1 is 1.17 bits per heavy atom. The van der Waals surface area contributed by atoms with Crippen LogP contribution in [0.3, 0.4) is 0 Å². The number of hydrogen-bond acceptors (Lipinski definition) is 3. The molecule has 0 spiro atoms. The lowest BCUT2D eigenvalue weighted by Crippen LogP contribution is -2.54. The first-order valence-electron chi connectivity index (χ1n) is 9.71. The lowest BCUT2D eigenvalue weighted by Gasteiger charge is -2.59. The van der Waals surface area contributed by atoms with Crippen LogP contribution in [0.2, 0.25) is 0 Å². The minimum Gasteiger partial charge on any atom is -0.389 e. The average molecular weight is 330 g/mol. The van der Waals surface area contributed by atoms with E-state index in [1.807, 2.05) is 0 Å². The van der Waals surface area contributed by atoms with Gasteiger partial charge in [0.15, 0.2) is 5.78 Å². The van der Waals surface area contributed by atoms with Gasteiger partial charge in [0, 0.05) is 12.3 Å². The molecular weight excluding hydrogens is 300 g/mol. The summed E-state index contributed by atoms with van der Waals surface area (Å²) in [6, 6.07) is 0. The number of Topliss-reactive ketones (excluding diaryl/α,β-unsaturated/α-hetero) is 1. The van der Waals surface area contributed by atoms with Crippen LogP contribution in [0.15, 0.2) is 11.6 Å². The normalized spacial score (nSPS) is 50.6. The Hall–Kier alpha value is -0.960. The van der Waals surface area contributed by atoms with Crippen molar-refractivity contribution in [3.63, 3.8) is 0 Å². The van der Waals surface area contributed by atoms with E-state index in [2.05, 4.69) is 13.8 Å². The second-order valence-corrected chi connectivity index (χ2v) is 9.40. The van der Waals surface area contributed by atoms with Crippen LogP contribution in [0, 0.1) is 34.5 Å². The van der Waals surface area contributed by atoms with E-state index in [0.717, 1.165) is 44.1 Å². The van der Waals surface area contributed by atoms with Crippen LogP contribution in [0.4, 0.5) is 0 Å². The molecule has 132 valence electrons. The molecule has 0 aromatic carbocycles. The zero-order valence-corrected chi connectivity index (χ0v) is 15.2. The Morgan fingerprint density at radius 2 is 1.92 bits per heavy atom. The second-order valence-electron chi connectivity index (χ2n) is 9.40. The van der Waals surface area contributed by atoms with Crippen molar-refractivity contribution in [3.05, 3.63) is 11.6 Å². The summed E-state index contributed by atoms with van der Waals surface area (Å²) in [7, 11) is 0. The highest BCUT2D eigenvalue weighted by Gasteiger charge is 2.61. The van der Waals surface area contributed by atoms with Crippen molar-refractivity contribution in [2.45, 2.75) is 71.8 Å². The fraction of sp³-hybridized carbons (Fsp3) is 0.810. The predicted octanol–water partition coefficient (Wildman–Crippen LogP) is 3.69. The highest BCUT2D eigenvalue weighted by atomic mass is 16.3. The van der Waals surface area contributed by atoms with Crippen molar-refractivity contribution < 1.29 is 14.7 Å². The Balaban J connectivity index is 1.71. The molecule has 24 heavy (non-hydrogen) atoms. The molecule has 4 aliphatic rings. The first-order chi connectivity index (χ1) is 11.3. The van der Waals surface area contributed by atoms with Gasteiger partial charge < -0.3 is 5.11 Å². The predicted molar refractivity (Wildman–Crippen MR) is 92.3 cm³/mol. The van der Waals surface area contributed by atoms with Gasteiger partial charge in [0.2, 0.25) is 0 Å². The third kappa shape index (κ3) is 2.06. The standard InChI is InChI=1S/C21H30O3/c1-12(22)15-4-5-16-14-11-19(24)18-10-13(23)6-8-21(18,3)17(14)7-9-20(15,16)2/h10,14-17,19,24H,4-9,11H2,1-3H3/t14-,15+,16-,17-,19+,20+,21+/m0/s1. The molecule has 7 atom stereocenters. The Bertz CT molecular complexity index is 621. The average Bonchev–Trinajstić information content (AvgIpc) is 2.87. The third-order valence-corrected chi connectivity index (χ3v) is 8.47. The number of carbonyl (C=O) groups excluding carboxylic acids is 2. The first kappa shape index (κ1) is 16.5. The van der Waals surface area contributed by atoms with Crippen LogP contribution in [-0.2, 0) is 9.59 Å². The molecule has 0 heterocycles. The molecule has 3 nitrogen and oxygen atoms in total. The number of ketones is 2. The van der Waals surface area contributed by atoms with Crippen molar-refractivity contribution in [1.29, 1.82) is 0 Å². The van der Waals surface area contributed by atoms with Gasteiger partial charge in [-0.2, -0.15) is 0 Å². The van der Waals surface area contributed by atoms with Gasteiger partial charge in [-0.3, -0.25) is 9.59 Å². The SMILES string of the molecule is CC(=O)[C@H]1CC[C@H]2[C@@H]3C[C@@H](O)C4=CC(=O)CC[C@]4(C)[C@H]3CC[C@]12C. The topological polar surface area (TPSA) is 54.4 Å². The minimum atomic E-state index is -0.473. The zero-order chi connectivity index (χ0) is 17.3. The maximum Gasteiger partial charge on any atom is 0.155 e. The minimum absolute atomic E-state index is 0.0219.